The Morgan fingerprint density at radius 1 is 1.16 bits per heavy atom. The maximum Gasteiger partial charge on any atom is 0.239 e. The fourth-order valence-electron chi connectivity index (χ4n) is 3.49. The molecule has 0 spiro atoms. The molecular formula is C24H24FN3O3. The first-order valence-electron chi connectivity index (χ1n) is 10.2. The van der Waals surface area contributed by atoms with Crippen molar-refractivity contribution in [3.8, 4) is 0 Å². The minimum absolute atomic E-state index is 0.180. The summed E-state index contributed by atoms with van der Waals surface area (Å²) in [4.78, 5) is 30.1. The van der Waals surface area contributed by atoms with Crippen molar-refractivity contribution >= 4 is 29.9 Å². The molecule has 1 aliphatic carbocycles. The van der Waals surface area contributed by atoms with Crippen molar-refractivity contribution in [3.63, 3.8) is 0 Å². The third kappa shape index (κ3) is 4.56. The molecule has 6 nitrogen and oxygen atoms in total. The van der Waals surface area contributed by atoms with E-state index in [0.717, 1.165) is 36.1 Å². The highest BCUT2D eigenvalue weighted by Crippen LogP contribution is 2.37. The summed E-state index contributed by atoms with van der Waals surface area (Å²) in [5, 5.41) is 2.86. The van der Waals surface area contributed by atoms with Crippen molar-refractivity contribution in [2.45, 2.75) is 18.3 Å². The fraction of sp³-hybridized carbons (Fsp3) is 0.292. The number of nitrogens with zero attached hydrogens (tertiary/aromatic N) is 2. The van der Waals surface area contributed by atoms with Crippen molar-refractivity contribution in [1.29, 1.82) is 0 Å². The van der Waals surface area contributed by atoms with E-state index in [1.807, 2.05) is 36.2 Å². The lowest BCUT2D eigenvalue weighted by atomic mass is 9.77. The molecule has 1 amide bonds. The quantitative estimate of drug-likeness (QED) is 0.305. The Morgan fingerprint density at radius 3 is 2.39 bits per heavy atom. The number of aldehydes is 1. The molecular weight excluding hydrogens is 397 g/mol. The van der Waals surface area contributed by atoms with E-state index in [-0.39, 0.29) is 24.9 Å². The van der Waals surface area contributed by atoms with Crippen molar-refractivity contribution < 1.29 is 18.7 Å². The number of carbonyl (C=O) groups excluding carboxylic acids is 2. The van der Waals surface area contributed by atoms with E-state index in [9.17, 15) is 14.0 Å². The van der Waals surface area contributed by atoms with Crippen molar-refractivity contribution in [1.82, 2.24) is 0 Å². The SMILES string of the molecule is CN(/C=N\C(=C/C=O)C1CC1)c1ccc(C2(C(=O)Nc3ccc(F)cc3)COC2)cc1. The first kappa shape index (κ1) is 20.9. The first-order chi connectivity index (χ1) is 15.0. The standard InChI is InChI=1S/C24H24FN3O3/c1-28(16-26-22(12-13-29)17-2-3-17)21-10-4-18(5-11-21)24(14-31-15-24)23(30)27-20-8-6-19(25)7-9-20/h4-13,16-17H,2-3,14-15H2,1H3,(H,27,30)/b22-12-,26-16-. The summed E-state index contributed by atoms with van der Waals surface area (Å²) in [5.41, 5.74) is 2.34. The third-order valence-electron chi connectivity index (χ3n) is 5.68. The summed E-state index contributed by atoms with van der Waals surface area (Å²) in [6.45, 7) is 0.579. The van der Waals surface area contributed by atoms with Crippen LogP contribution in [0.15, 0.2) is 65.3 Å². The van der Waals surface area contributed by atoms with Gasteiger partial charge in [0.05, 0.1) is 19.6 Å². The highest BCUT2D eigenvalue weighted by Gasteiger charge is 2.47. The lowest BCUT2D eigenvalue weighted by Crippen LogP contribution is -2.55. The number of amides is 1. The Kier molecular flexibility index (Phi) is 5.95. The second-order valence-electron chi connectivity index (χ2n) is 7.94. The fourth-order valence-corrected chi connectivity index (χ4v) is 3.49. The van der Waals surface area contributed by atoms with Gasteiger partial charge in [0.2, 0.25) is 5.91 Å². The molecule has 2 aromatic rings. The molecule has 160 valence electrons. The van der Waals surface area contributed by atoms with Crippen LogP contribution in [0.3, 0.4) is 0 Å². The molecule has 7 heteroatoms. The minimum Gasteiger partial charge on any atom is -0.378 e. The molecule has 1 saturated carbocycles. The van der Waals surface area contributed by atoms with E-state index in [0.29, 0.717) is 11.6 Å². The molecule has 1 aliphatic heterocycles. The molecule has 4 rings (SSSR count). The lowest BCUT2D eigenvalue weighted by Gasteiger charge is -2.40. The topological polar surface area (TPSA) is 71.0 Å². The smallest absolute Gasteiger partial charge is 0.239 e. The summed E-state index contributed by atoms with van der Waals surface area (Å²) in [6.07, 6.45) is 6.13. The van der Waals surface area contributed by atoms with Crippen LogP contribution in [0.25, 0.3) is 0 Å². The van der Waals surface area contributed by atoms with Gasteiger partial charge in [-0.25, -0.2) is 9.38 Å². The first-order valence-corrected chi connectivity index (χ1v) is 10.2. The molecule has 2 aliphatic rings. The average molecular weight is 421 g/mol. The van der Waals surface area contributed by atoms with Crippen LogP contribution in [0.4, 0.5) is 15.8 Å². The molecule has 1 N–H and O–H groups in total. The molecule has 2 fully saturated rings. The number of aliphatic imine (C=N–C) groups is 1. The third-order valence-corrected chi connectivity index (χ3v) is 5.68. The highest BCUT2D eigenvalue weighted by molar-refractivity contribution is 6.00. The van der Waals surface area contributed by atoms with Crippen molar-refractivity contribution in [2.75, 3.05) is 30.5 Å². The second-order valence-corrected chi connectivity index (χ2v) is 7.94. The van der Waals surface area contributed by atoms with Gasteiger partial charge < -0.3 is 15.0 Å². The van der Waals surface area contributed by atoms with Gasteiger partial charge in [0.1, 0.15) is 17.5 Å². The molecule has 0 aromatic heterocycles. The van der Waals surface area contributed by atoms with E-state index in [1.54, 1.807) is 6.34 Å². The molecule has 0 atom stereocenters. The highest BCUT2D eigenvalue weighted by atomic mass is 19.1. The predicted octanol–water partition coefficient (Wildman–Crippen LogP) is 3.69. The van der Waals surface area contributed by atoms with Gasteiger partial charge in [-0.3, -0.25) is 9.59 Å². The normalized spacial score (nSPS) is 17.8. The van der Waals surface area contributed by atoms with Gasteiger partial charge in [-0.2, -0.15) is 0 Å². The van der Waals surface area contributed by atoms with Crippen LogP contribution in [0, 0.1) is 11.7 Å². The molecule has 1 saturated heterocycles. The summed E-state index contributed by atoms with van der Waals surface area (Å²) < 4.78 is 18.5. The molecule has 2 aromatic carbocycles. The van der Waals surface area contributed by atoms with E-state index in [4.69, 9.17) is 4.74 Å². The molecule has 1 heterocycles. The zero-order valence-electron chi connectivity index (χ0n) is 17.3. The number of rotatable bonds is 8. The second kappa shape index (κ2) is 8.81. The summed E-state index contributed by atoms with van der Waals surface area (Å²) in [6, 6.07) is 13.4. The Bertz CT molecular complexity index is 1010. The van der Waals surface area contributed by atoms with Gasteiger partial charge in [0, 0.05) is 30.0 Å². The van der Waals surface area contributed by atoms with Crippen LogP contribution >= 0.6 is 0 Å². The number of anilines is 2. The molecule has 0 bridgehead atoms. The molecule has 31 heavy (non-hydrogen) atoms. The Morgan fingerprint density at radius 2 is 1.84 bits per heavy atom. The minimum atomic E-state index is -0.772. The van der Waals surface area contributed by atoms with E-state index >= 15 is 0 Å². The largest absolute Gasteiger partial charge is 0.378 e. The van der Waals surface area contributed by atoms with Gasteiger partial charge in [-0.1, -0.05) is 12.1 Å². The van der Waals surface area contributed by atoms with Crippen LogP contribution in [0.5, 0.6) is 0 Å². The van der Waals surface area contributed by atoms with Crippen LogP contribution < -0.4 is 10.2 Å². The lowest BCUT2D eigenvalue weighted by molar-refractivity contribution is -0.139. The average Bonchev–Trinajstić information content (AvgIpc) is 3.57. The Hall–Kier alpha value is -3.32. The number of hydrogen-bond donors (Lipinski definition) is 1. The zero-order chi connectivity index (χ0) is 21.8. The number of ether oxygens (including phenoxy) is 1. The predicted molar refractivity (Wildman–Crippen MR) is 118 cm³/mol. The van der Waals surface area contributed by atoms with Crippen molar-refractivity contribution in [2.24, 2.45) is 10.9 Å². The zero-order valence-corrected chi connectivity index (χ0v) is 17.3. The number of benzene rings is 2. The van der Waals surface area contributed by atoms with Gasteiger partial charge in [0.25, 0.3) is 0 Å². The van der Waals surface area contributed by atoms with Crippen molar-refractivity contribution in [3.05, 3.63) is 71.7 Å². The monoisotopic (exact) mass is 421 g/mol. The van der Waals surface area contributed by atoms with E-state index in [2.05, 4.69) is 10.3 Å². The summed E-state index contributed by atoms with van der Waals surface area (Å²) >= 11 is 0. The van der Waals surface area contributed by atoms with Gasteiger partial charge in [-0.15, -0.1) is 0 Å². The molecule has 0 radical (unpaired) electrons. The number of carbonyl (C=O) groups is 2. The van der Waals surface area contributed by atoms with Gasteiger partial charge in [-0.05, 0) is 60.9 Å². The Labute approximate surface area is 180 Å². The van der Waals surface area contributed by atoms with Crippen LogP contribution in [0.2, 0.25) is 0 Å². The maximum atomic E-state index is 13.1. The summed E-state index contributed by atoms with van der Waals surface area (Å²) in [5.74, 6) is -0.148. The Balaban J connectivity index is 1.46. The van der Waals surface area contributed by atoms with Crippen LogP contribution in [-0.4, -0.2) is 38.8 Å². The number of nitrogens with one attached hydrogen (secondary N) is 1. The number of hydrogen-bond acceptors (Lipinski definition) is 4. The van der Waals surface area contributed by atoms with Gasteiger partial charge >= 0.3 is 0 Å². The van der Waals surface area contributed by atoms with Crippen LogP contribution in [-0.2, 0) is 19.7 Å². The van der Waals surface area contributed by atoms with Crippen LogP contribution in [0.1, 0.15) is 18.4 Å². The maximum absolute atomic E-state index is 13.1. The number of allylic oxidation sites excluding steroid dienone is 2. The van der Waals surface area contributed by atoms with E-state index < -0.39 is 5.41 Å². The summed E-state index contributed by atoms with van der Waals surface area (Å²) in [7, 11) is 1.88. The molecule has 0 unspecified atom stereocenters. The van der Waals surface area contributed by atoms with Gasteiger partial charge in [0.15, 0.2) is 0 Å². The van der Waals surface area contributed by atoms with E-state index in [1.165, 1.54) is 30.3 Å². The number of halogens is 1.